The van der Waals surface area contributed by atoms with E-state index in [-0.39, 0.29) is 0 Å². The maximum absolute atomic E-state index is 12.9. The molecule has 0 saturated heterocycles. The van der Waals surface area contributed by atoms with Crippen molar-refractivity contribution < 1.29 is 18.8 Å². The Bertz CT molecular complexity index is 1670. The molecular weight excluding hydrogens is 516 g/mol. The Kier molecular flexibility index (Phi) is 7.41. The molecule has 0 saturated carbocycles. The Morgan fingerprint density at radius 1 is 1.13 bits per heavy atom. The van der Waals surface area contributed by atoms with Crippen LogP contribution in [0.2, 0.25) is 5.02 Å². The quantitative estimate of drug-likeness (QED) is 0.175. The number of carbonyl (C=O) groups is 2. The smallest absolute Gasteiger partial charge is 0.249 e. The van der Waals surface area contributed by atoms with Crippen LogP contribution in [0.1, 0.15) is 33.8 Å². The molecule has 0 bridgehead atoms. The van der Waals surface area contributed by atoms with Gasteiger partial charge in [-0.3, -0.25) is 9.59 Å². The van der Waals surface area contributed by atoms with Gasteiger partial charge in [0.05, 0.1) is 11.2 Å². The van der Waals surface area contributed by atoms with E-state index in [0.717, 1.165) is 56.3 Å². The van der Waals surface area contributed by atoms with Crippen molar-refractivity contribution in [2.24, 2.45) is 5.73 Å². The van der Waals surface area contributed by atoms with Crippen molar-refractivity contribution in [2.75, 3.05) is 25.2 Å². The summed E-state index contributed by atoms with van der Waals surface area (Å²) in [7, 11) is 1.63. The number of rotatable bonds is 10. The van der Waals surface area contributed by atoms with Crippen molar-refractivity contribution >= 4 is 51.4 Å². The van der Waals surface area contributed by atoms with Crippen LogP contribution in [0.4, 0.5) is 5.69 Å². The van der Waals surface area contributed by atoms with Crippen LogP contribution in [0, 0.1) is 13.8 Å². The molecule has 0 atom stereocenters. The largest absolute Gasteiger partial charge is 0.385 e. The van der Waals surface area contributed by atoms with E-state index in [4.69, 9.17) is 26.6 Å². The fourth-order valence-electron chi connectivity index (χ4n) is 5.19. The molecule has 0 fully saturated rings. The molecule has 2 heterocycles. The summed E-state index contributed by atoms with van der Waals surface area (Å²) in [5, 5.41) is 6.31. The van der Waals surface area contributed by atoms with Crippen LogP contribution in [0.15, 0.2) is 59.1 Å². The van der Waals surface area contributed by atoms with E-state index in [2.05, 4.69) is 9.72 Å². The number of nitrogens with two attached hydrogens (primary N) is 1. The molecule has 5 rings (SSSR count). The average molecular weight is 545 g/mol. The van der Waals surface area contributed by atoms with Gasteiger partial charge in [0.2, 0.25) is 12.3 Å². The van der Waals surface area contributed by atoms with Gasteiger partial charge in [-0.05, 0) is 73.9 Å². The Labute approximate surface area is 230 Å². The van der Waals surface area contributed by atoms with Crippen molar-refractivity contribution in [3.63, 3.8) is 0 Å². The van der Waals surface area contributed by atoms with Crippen LogP contribution in [0.3, 0.4) is 0 Å². The monoisotopic (exact) mass is 544 g/mol. The number of hydrogen-bond donors (Lipinski definition) is 1. The van der Waals surface area contributed by atoms with E-state index in [1.807, 2.05) is 62.4 Å². The van der Waals surface area contributed by atoms with Crippen molar-refractivity contribution in [3.05, 3.63) is 82.2 Å². The average Bonchev–Trinajstić information content (AvgIpc) is 3.42. The van der Waals surface area contributed by atoms with Gasteiger partial charge in [-0.15, -0.1) is 0 Å². The number of anilines is 1. The van der Waals surface area contributed by atoms with E-state index in [0.29, 0.717) is 42.5 Å². The lowest BCUT2D eigenvalue weighted by atomic mass is 9.97. The lowest BCUT2D eigenvalue weighted by Gasteiger charge is -2.17. The molecule has 9 heteroatoms. The van der Waals surface area contributed by atoms with Gasteiger partial charge in [-0.1, -0.05) is 28.9 Å². The standard InChI is InChI=1S/C30H29ClN4O4/c1-18-28(19(2)39-33-18)21-13-25(30(32)37)29-24-15-23(34(17-36)11-4-12-38-3)9-10-26(24)35(27(29)14-21)16-20-5-7-22(31)8-6-20/h5-10,13-15,17H,4,11-12,16H2,1-3H3,(H2,32,37). The molecule has 200 valence electrons. The second-order valence-electron chi connectivity index (χ2n) is 9.54. The maximum Gasteiger partial charge on any atom is 0.249 e. The Morgan fingerprint density at radius 3 is 2.54 bits per heavy atom. The second kappa shape index (κ2) is 10.9. The summed E-state index contributed by atoms with van der Waals surface area (Å²) < 4.78 is 12.7. The zero-order chi connectivity index (χ0) is 27.7. The van der Waals surface area contributed by atoms with Crippen molar-refractivity contribution in [3.8, 4) is 11.1 Å². The van der Waals surface area contributed by atoms with Gasteiger partial charge in [0.1, 0.15) is 5.76 Å². The number of primary amides is 1. The first-order valence-corrected chi connectivity index (χ1v) is 13.0. The van der Waals surface area contributed by atoms with Crippen molar-refractivity contribution in [1.29, 1.82) is 0 Å². The van der Waals surface area contributed by atoms with Gasteiger partial charge in [0.15, 0.2) is 0 Å². The number of aromatic nitrogens is 2. The second-order valence-corrected chi connectivity index (χ2v) is 9.98. The number of nitrogens with zero attached hydrogens (tertiary/aromatic N) is 3. The molecule has 8 nitrogen and oxygen atoms in total. The first-order valence-electron chi connectivity index (χ1n) is 12.6. The highest BCUT2D eigenvalue weighted by Gasteiger charge is 2.22. The van der Waals surface area contributed by atoms with Gasteiger partial charge in [0.25, 0.3) is 0 Å². The number of halogens is 1. The van der Waals surface area contributed by atoms with E-state index in [9.17, 15) is 9.59 Å². The summed E-state index contributed by atoms with van der Waals surface area (Å²) in [5.41, 5.74) is 12.2. The van der Waals surface area contributed by atoms with Gasteiger partial charge >= 0.3 is 0 Å². The highest BCUT2D eigenvalue weighted by atomic mass is 35.5. The molecule has 5 aromatic rings. The summed E-state index contributed by atoms with van der Waals surface area (Å²) in [6, 6.07) is 17.3. The normalized spacial score (nSPS) is 11.4. The first-order chi connectivity index (χ1) is 18.8. The molecule has 2 N–H and O–H groups in total. The minimum Gasteiger partial charge on any atom is -0.385 e. The first kappa shape index (κ1) is 26.5. The number of amides is 2. The molecule has 0 aliphatic heterocycles. The number of hydrogen-bond acceptors (Lipinski definition) is 5. The summed E-state index contributed by atoms with van der Waals surface area (Å²) in [6.07, 6.45) is 1.51. The van der Waals surface area contributed by atoms with E-state index >= 15 is 0 Å². The minimum absolute atomic E-state index is 0.386. The molecule has 2 aromatic heterocycles. The Hall–Kier alpha value is -4.14. The minimum atomic E-state index is -0.545. The fourth-order valence-corrected chi connectivity index (χ4v) is 5.32. The van der Waals surface area contributed by atoms with Gasteiger partial charge < -0.3 is 24.5 Å². The van der Waals surface area contributed by atoms with Crippen LogP contribution in [0.25, 0.3) is 32.9 Å². The van der Waals surface area contributed by atoms with Gasteiger partial charge in [-0.25, -0.2) is 0 Å². The summed E-state index contributed by atoms with van der Waals surface area (Å²) >= 11 is 6.14. The maximum atomic E-state index is 12.9. The van der Waals surface area contributed by atoms with Crippen LogP contribution in [-0.4, -0.2) is 42.3 Å². The zero-order valence-corrected chi connectivity index (χ0v) is 22.8. The van der Waals surface area contributed by atoms with E-state index in [1.54, 1.807) is 18.1 Å². The summed E-state index contributed by atoms with van der Waals surface area (Å²) in [6.45, 7) is 5.29. The third-order valence-electron chi connectivity index (χ3n) is 7.00. The third kappa shape index (κ3) is 5.01. The molecule has 0 unspecified atom stereocenters. The highest BCUT2D eigenvalue weighted by molar-refractivity contribution is 6.30. The molecule has 0 spiro atoms. The zero-order valence-electron chi connectivity index (χ0n) is 22.0. The van der Waals surface area contributed by atoms with E-state index in [1.165, 1.54) is 0 Å². The number of fused-ring (bicyclic) bond motifs is 3. The van der Waals surface area contributed by atoms with Gasteiger partial charge in [-0.2, -0.15) is 0 Å². The highest BCUT2D eigenvalue weighted by Crippen LogP contribution is 2.39. The molecule has 39 heavy (non-hydrogen) atoms. The van der Waals surface area contributed by atoms with Crippen molar-refractivity contribution in [1.82, 2.24) is 9.72 Å². The van der Waals surface area contributed by atoms with Crippen LogP contribution >= 0.6 is 11.6 Å². The Morgan fingerprint density at radius 2 is 1.90 bits per heavy atom. The molecule has 0 aliphatic rings. The number of carbonyl (C=O) groups excluding carboxylic acids is 2. The predicted molar refractivity (Wildman–Crippen MR) is 153 cm³/mol. The molecule has 0 aliphatic carbocycles. The van der Waals surface area contributed by atoms with Crippen LogP contribution in [-0.2, 0) is 16.1 Å². The van der Waals surface area contributed by atoms with Crippen molar-refractivity contribution in [2.45, 2.75) is 26.8 Å². The number of aryl methyl sites for hydroxylation is 2. The predicted octanol–water partition coefficient (Wildman–Crippen LogP) is 5.87. The fraction of sp³-hybridized carbons (Fsp3) is 0.233. The third-order valence-corrected chi connectivity index (χ3v) is 7.25. The summed E-state index contributed by atoms with van der Waals surface area (Å²) in [4.78, 5) is 26.5. The molecule has 0 radical (unpaired) electrons. The molecule has 2 amide bonds. The lowest BCUT2D eigenvalue weighted by Crippen LogP contribution is -2.23. The topological polar surface area (TPSA) is 104 Å². The van der Waals surface area contributed by atoms with E-state index < -0.39 is 5.91 Å². The van der Waals surface area contributed by atoms with Crippen LogP contribution in [0.5, 0.6) is 0 Å². The van der Waals surface area contributed by atoms with Gasteiger partial charge in [0, 0.05) is 64.9 Å². The number of benzene rings is 3. The van der Waals surface area contributed by atoms with Crippen LogP contribution < -0.4 is 10.6 Å². The number of ether oxygens (including phenoxy) is 1. The molecular formula is C30H29ClN4O4. The summed E-state index contributed by atoms with van der Waals surface area (Å²) in [5.74, 6) is 0.111. The Balaban J connectivity index is 1.79. The molecule has 3 aromatic carbocycles. The number of methoxy groups -OCH3 is 1. The SMILES string of the molecule is COCCCN(C=O)c1ccc2c(c1)c1c(C(N)=O)cc(-c3c(C)noc3C)cc1n2Cc1ccc(Cl)cc1. The lowest BCUT2D eigenvalue weighted by molar-refractivity contribution is -0.107.